The number of benzene rings is 2. The second-order valence-electron chi connectivity index (χ2n) is 7.54. The normalized spacial score (nSPS) is 11.6. The van der Waals surface area contributed by atoms with Gasteiger partial charge < -0.3 is 9.64 Å². The zero-order valence-electron chi connectivity index (χ0n) is 18.3. The van der Waals surface area contributed by atoms with E-state index in [0.29, 0.717) is 24.2 Å². The van der Waals surface area contributed by atoms with Crippen molar-refractivity contribution in [1.82, 2.24) is 9.88 Å². The van der Waals surface area contributed by atoms with E-state index >= 15 is 0 Å². The van der Waals surface area contributed by atoms with E-state index in [4.69, 9.17) is 16.3 Å². The van der Waals surface area contributed by atoms with Crippen molar-refractivity contribution in [2.45, 2.75) is 25.3 Å². The number of pyridine rings is 1. The molecule has 0 spiro atoms. The van der Waals surface area contributed by atoms with Gasteiger partial charge in [-0.2, -0.15) is 0 Å². The van der Waals surface area contributed by atoms with Gasteiger partial charge in [0, 0.05) is 25.1 Å². The number of likely N-dealkylation sites (N-methyl/N-ethyl adjacent to an activating group) is 1. The van der Waals surface area contributed by atoms with E-state index in [1.807, 2.05) is 24.3 Å². The van der Waals surface area contributed by atoms with E-state index in [0.717, 1.165) is 10.8 Å². The Kier molecular flexibility index (Phi) is 8.38. The number of carbonyl (C=O) groups is 2. The highest BCUT2D eigenvalue weighted by atomic mass is 35.5. The van der Waals surface area contributed by atoms with E-state index in [1.165, 1.54) is 11.0 Å². The number of nitrogens with zero attached hydrogens (tertiary/aromatic N) is 2. The first-order valence-electron chi connectivity index (χ1n) is 10.5. The van der Waals surface area contributed by atoms with Gasteiger partial charge in [-0.15, -0.1) is 6.58 Å². The summed E-state index contributed by atoms with van der Waals surface area (Å²) in [6, 6.07) is 13.5. The van der Waals surface area contributed by atoms with Gasteiger partial charge in [0.05, 0.1) is 11.1 Å². The number of halogens is 2. The summed E-state index contributed by atoms with van der Waals surface area (Å²) < 4.78 is 18.9. The Labute approximate surface area is 197 Å². The third kappa shape index (κ3) is 6.52. The molecule has 1 atom stereocenters. The molecular weight excluding hydrogens is 445 g/mol. The number of anilines is 1. The summed E-state index contributed by atoms with van der Waals surface area (Å²) in [5.41, 5.74) is 0.567. The summed E-state index contributed by atoms with van der Waals surface area (Å²) >= 11 is 5.97. The lowest BCUT2D eigenvalue weighted by atomic mass is 10.1. The van der Waals surface area contributed by atoms with Crippen LogP contribution in [0.2, 0.25) is 5.02 Å². The molecule has 0 aliphatic rings. The maximum atomic E-state index is 13.6. The number of rotatable bonds is 9. The molecule has 1 N–H and O–H groups in total. The van der Waals surface area contributed by atoms with Crippen molar-refractivity contribution in [1.29, 1.82) is 0 Å². The molecule has 6 nitrogen and oxygen atoms in total. The zero-order chi connectivity index (χ0) is 23.8. The Morgan fingerprint density at radius 1 is 1.24 bits per heavy atom. The number of carbonyl (C=O) groups excluding carboxylic acids is 2. The lowest BCUT2D eigenvalue weighted by Gasteiger charge is -2.27. The predicted octanol–water partition coefficient (Wildman–Crippen LogP) is 5.61. The Morgan fingerprint density at radius 3 is 2.76 bits per heavy atom. The van der Waals surface area contributed by atoms with Gasteiger partial charge in [-0.3, -0.25) is 10.1 Å². The Balaban J connectivity index is 1.54. The highest BCUT2D eigenvalue weighted by molar-refractivity contribution is 6.31. The molecule has 2 amide bonds. The molecule has 8 heteroatoms. The Bertz CT molecular complexity index is 1150. The van der Waals surface area contributed by atoms with Crippen LogP contribution in [0, 0.1) is 5.82 Å². The van der Waals surface area contributed by atoms with Gasteiger partial charge >= 0.3 is 6.09 Å². The Morgan fingerprint density at radius 2 is 2.00 bits per heavy atom. The molecule has 0 aliphatic heterocycles. The number of ether oxygens (including phenoxy) is 1. The molecule has 172 valence electrons. The highest BCUT2D eigenvalue weighted by Gasteiger charge is 2.21. The molecule has 0 bridgehead atoms. The first-order chi connectivity index (χ1) is 15.9. The van der Waals surface area contributed by atoms with E-state index < -0.39 is 18.0 Å². The smallest absolute Gasteiger partial charge is 0.412 e. The standard InChI is InChI=1S/C25H25ClFN3O3/c1-3-7-20(30(2)23(31)13-12-17-10-6-11-21(27)24(17)26)16-33-25(32)29-22-14-18-8-4-5-9-19(18)15-28-22/h3-6,8-11,14-15,20H,1,7,12-13,16H2,2H3,(H,28,29,32)/t20-/m0/s1. The lowest BCUT2D eigenvalue weighted by molar-refractivity contribution is -0.132. The fourth-order valence-corrected chi connectivity index (χ4v) is 3.58. The fourth-order valence-electron chi connectivity index (χ4n) is 3.36. The largest absolute Gasteiger partial charge is 0.447 e. The van der Waals surface area contributed by atoms with Crippen molar-refractivity contribution in [3.63, 3.8) is 0 Å². The third-order valence-corrected chi connectivity index (χ3v) is 5.71. The average Bonchev–Trinajstić information content (AvgIpc) is 2.82. The van der Waals surface area contributed by atoms with Crippen LogP contribution in [-0.4, -0.2) is 41.6 Å². The third-order valence-electron chi connectivity index (χ3n) is 5.29. The van der Waals surface area contributed by atoms with Gasteiger partial charge in [0.25, 0.3) is 0 Å². The molecule has 33 heavy (non-hydrogen) atoms. The van der Waals surface area contributed by atoms with Crippen LogP contribution in [0.4, 0.5) is 15.0 Å². The molecule has 3 aromatic rings. The van der Waals surface area contributed by atoms with Crippen molar-refractivity contribution in [2.75, 3.05) is 19.0 Å². The minimum absolute atomic E-state index is 0.0194. The Hall–Kier alpha value is -3.45. The fraction of sp³-hybridized carbons (Fsp3) is 0.240. The molecule has 2 aromatic carbocycles. The summed E-state index contributed by atoms with van der Waals surface area (Å²) in [5, 5.41) is 4.53. The van der Waals surface area contributed by atoms with Gasteiger partial charge in [0.1, 0.15) is 18.2 Å². The van der Waals surface area contributed by atoms with Crippen LogP contribution in [0.5, 0.6) is 0 Å². The van der Waals surface area contributed by atoms with Crippen LogP contribution in [0.15, 0.2) is 67.4 Å². The van der Waals surface area contributed by atoms with E-state index in [1.54, 1.807) is 37.5 Å². The number of nitrogens with one attached hydrogen (secondary N) is 1. The first-order valence-corrected chi connectivity index (χ1v) is 10.8. The van der Waals surface area contributed by atoms with Crippen molar-refractivity contribution < 1.29 is 18.7 Å². The van der Waals surface area contributed by atoms with Gasteiger partial charge in [-0.1, -0.05) is 54.1 Å². The average molecular weight is 470 g/mol. The number of hydrogen-bond acceptors (Lipinski definition) is 4. The maximum absolute atomic E-state index is 13.6. The molecule has 3 rings (SSSR count). The van der Waals surface area contributed by atoms with Crippen LogP contribution in [0.3, 0.4) is 0 Å². The second-order valence-corrected chi connectivity index (χ2v) is 7.91. The number of aryl methyl sites for hydroxylation is 1. The predicted molar refractivity (Wildman–Crippen MR) is 128 cm³/mol. The lowest BCUT2D eigenvalue weighted by Crippen LogP contribution is -2.40. The van der Waals surface area contributed by atoms with Crippen LogP contribution in [0.25, 0.3) is 10.8 Å². The molecule has 0 radical (unpaired) electrons. The van der Waals surface area contributed by atoms with Crippen molar-refractivity contribution in [2.24, 2.45) is 0 Å². The van der Waals surface area contributed by atoms with Gasteiger partial charge in [0.15, 0.2) is 0 Å². The van der Waals surface area contributed by atoms with E-state index in [-0.39, 0.29) is 24.0 Å². The topological polar surface area (TPSA) is 71.5 Å². The first kappa shape index (κ1) is 24.2. The van der Waals surface area contributed by atoms with Gasteiger partial charge in [-0.05, 0) is 35.9 Å². The molecule has 1 heterocycles. The molecular formula is C25H25ClFN3O3. The molecule has 0 saturated heterocycles. The summed E-state index contributed by atoms with van der Waals surface area (Å²) in [4.78, 5) is 30.7. The molecule has 1 aromatic heterocycles. The van der Waals surface area contributed by atoms with Crippen molar-refractivity contribution in [3.05, 3.63) is 83.8 Å². The molecule has 0 unspecified atom stereocenters. The summed E-state index contributed by atoms with van der Waals surface area (Å²) in [6.45, 7) is 3.70. The minimum atomic E-state index is -0.667. The zero-order valence-corrected chi connectivity index (χ0v) is 19.0. The summed E-state index contributed by atoms with van der Waals surface area (Å²) in [7, 11) is 1.63. The number of hydrogen-bond donors (Lipinski definition) is 1. The number of amides is 2. The van der Waals surface area contributed by atoms with Crippen molar-refractivity contribution in [3.8, 4) is 0 Å². The summed E-state index contributed by atoms with van der Waals surface area (Å²) in [5.74, 6) is -0.322. The quantitative estimate of drug-likeness (QED) is 0.413. The summed E-state index contributed by atoms with van der Waals surface area (Å²) in [6.07, 6.45) is 3.53. The second kappa shape index (κ2) is 11.4. The SMILES string of the molecule is C=CC[C@@H](COC(=O)Nc1cc2ccccc2cn1)N(C)C(=O)CCc1cccc(F)c1Cl. The van der Waals surface area contributed by atoms with Crippen LogP contribution in [0.1, 0.15) is 18.4 Å². The van der Waals surface area contributed by atoms with Crippen LogP contribution >= 0.6 is 11.6 Å². The molecule has 0 fully saturated rings. The van der Waals surface area contributed by atoms with Crippen LogP contribution < -0.4 is 5.32 Å². The maximum Gasteiger partial charge on any atom is 0.412 e. The van der Waals surface area contributed by atoms with Gasteiger partial charge in [0.2, 0.25) is 5.91 Å². The van der Waals surface area contributed by atoms with E-state index in [9.17, 15) is 14.0 Å². The highest BCUT2D eigenvalue weighted by Crippen LogP contribution is 2.21. The van der Waals surface area contributed by atoms with Crippen LogP contribution in [-0.2, 0) is 16.0 Å². The van der Waals surface area contributed by atoms with Crippen molar-refractivity contribution >= 4 is 40.2 Å². The van der Waals surface area contributed by atoms with Gasteiger partial charge in [-0.25, -0.2) is 14.2 Å². The van der Waals surface area contributed by atoms with E-state index in [2.05, 4.69) is 16.9 Å². The monoisotopic (exact) mass is 469 g/mol. The number of fused-ring (bicyclic) bond motifs is 1. The minimum Gasteiger partial charge on any atom is -0.447 e. The number of aromatic nitrogens is 1. The molecule has 0 saturated carbocycles. The molecule has 0 aliphatic carbocycles.